The van der Waals surface area contributed by atoms with E-state index in [1.54, 1.807) is 0 Å². The number of nitrogens with zero attached hydrogens (tertiary/aromatic N) is 2. The minimum Gasteiger partial charge on any atom is -0.384 e. The molecule has 0 bridgehead atoms. The largest absolute Gasteiger partial charge is 0.384 e. The fraction of sp³-hybridized carbons (Fsp3) is 0.800. The Morgan fingerprint density at radius 3 is 2.47 bits per heavy atom. The number of nitrogen functional groups attached to an aromatic ring is 1. The van der Waals surface area contributed by atoms with E-state index < -0.39 is 0 Å². The topological polar surface area (TPSA) is 43.8 Å². The van der Waals surface area contributed by atoms with Crippen molar-refractivity contribution < 1.29 is 0 Å². The third kappa shape index (κ3) is 2.08. The van der Waals surface area contributed by atoms with E-state index in [1.807, 2.05) is 0 Å². The van der Waals surface area contributed by atoms with E-state index in [0.29, 0.717) is 17.9 Å². The predicted molar refractivity (Wildman–Crippen MR) is 80.8 cm³/mol. The van der Waals surface area contributed by atoms with Gasteiger partial charge in [-0.25, -0.2) is 4.98 Å². The summed E-state index contributed by atoms with van der Waals surface area (Å²) < 4.78 is 2.42. The lowest BCUT2D eigenvalue weighted by Gasteiger charge is -2.13. The van der Waals surface area contributed by atoms with E-state index in [4.69, 9.17) is 10.7 Å². The average molecular weight is 277 g/mol. The number of hydrogen-bond donors (Lipinski definition) is 1. The van der Waals surface area contributed by atoms with Crippen LogP contribution in [0.3, 0.4) is 0 Å². The first-order chi connectivity index (χ1) is 9.34. The van der Waals surface area contributed by atoms with E-state index in [1.165, 1.54) is 68.0 Å². The van der Waals surface area contributed by atoms with Crippen LogP contribution in [0, 0.1) is 0 Å². The number of thioether (sulfide) groups is 1. The zero-order valence-electron chi connectivity index (χ0n) is 11.5. The van der Waals surface area contributed by atoms with Crippen LogP contribution in [0.1, 0.15) is 74.3 Å². The Kier molecular flexibility index (Phi) is 3.02. The number of aromatic nitrogens is 2. The molecule has 2 N–H and O–H groups in total. The number of imidazole rings is 1. The van der Waals surface area contributed by atoms with Gasteiger partial charge < -0.3 is 10.3 Å². The van der Waals surface area contributed by atoms with Gasteiger partial charge in [0.25, 0.3) is 0 Å². The summed E-state index contributed by atoms with van der Waals surface area (Å²) >= 11 is 2.05. The Balaban J connectivity index is 1.73. The first-order valence-corrected chi connectivity index (χ1v) is 8.95. The van der Waals surface area contributed by atoms with Crippen molar-refractivity contribution in [1.29, 1.82) is 0 Å². The lowest BCUT2D eigenvalue weighted by atomic mass is 10.1. The summed E-state index contributed by atoms with van der Waals surface area (Å²) in [7, 11) is 0. The zero-order chi connectivity index (χ0) is 12.8. The third-order valence-corrected chi connectivity index (χ3v) is 6.11. The SMILES string of the molecule is Nc1c(C2CCSC2)nc(C2CCCC2)n1C1CC1. The second-order valence-electron chi connectivity index (χ2n) is 6.38. The molecule has 1 unspecified atom stereocenters. The van der Waals surface area contributed by atoms with Crippen molar-refractivity contribution in [2.45, 2.75) is 62.8 Å². The minimum atomic E-state index is 0.616. The van der Waals surface area contributed by atoms with Gasteiger partial charge in [-0.05, 0) is 37.9 Å². The van der Waals surface area contributed by atoms with Gasteiger partial charge >= 0.3 is 0 Å². The van der Waals surface area contributed by atoms with Crippen LogP contribution < -0.4 is 5.73 Å². The molecule has 2 aliphatic carbocycles. The van der Waals surface area contributed by atoms with Crippen molar-refractivity contribution in [3.63, 3.8) is 0 Å². The molecule has 1 saturated heterocycles. The highest BCUT2D eigenvalue weighted by atomic mass is 32.2. The molecule has 3 fully saturated rings. The second kappa shape index (κ2) is 4.72. The van der Waals surface area contributed by atoms with Crippen molar-refractivity contribution >= 4 is 17.6 Å². The highest BCUT2D eigenvalue weighted by Crippen LogP contribution is 2.46. The molecule has 1 aromatic rings. The lowest BCUT2D eigenvalue weighted by Crippen LogP contribution is -2.08. The molecule has 0 amide bonds. The summed E-state index contributed by atoms with van der Waals surface area (Å²) in [5.41, 5.74) is 7.72. The first-order valence-electron chi connectivity index (χ1n) is 7.80. The molecular weight excluding hydrogens is 254 g/mol. The second-order valence-corrected chi connectivity index (χ2v) is 7.53. The Hall–Kier alpha value is -0.640. The fourth-order valence-electron chi connectivity index (χ4n) is 3.72. The van der Waals surface area contributed by atoms with Gasteiger partial charge in [0, 0.05) is 23.6 Å². The number of rotatable bonds is 3. The molecule has 104 valence electrons. The number of nitrogens with two attached hydrogens (primary N) is 1. The van der Waals surface area contributed by atoms with Gasteiger partial charge in [0.1, 0.15) is 11.6 Å². The summed E-state index contributed by atoms with van der Waals surface area (Å²) in [6.07, 6.45) is 9.26. The van der Waals surface area contributed by atoms with Gasteiger partial charge in [0.2, 0.25) is 0 Å². The van der Waals surface area contributed by atoms with E-state index in [9.17, 15) is 0 Å². The van der Waals surface area contributed by atoms with Crippen LogP contribution in [0.15, 0.2) is 0 Å². The van der Waals surface area contributed by atoms with Crippen molar-refractivity contribution in [2.75, 3.05) is 17.2 Å². The molecule has 2 heterocycles. The third-order valence-electron chi connectivity index (χ3n) is 4.95. The molecule has 4 heteroatoms. The maximum absolute atomic E-state index is 6.48. The average Bonchev–Trinajstić information content (AvgIpc) is 2.90. The molecule has 2 saturated carbocycles. The van der Waals surface area contributed by atoms with Crippen LogP contribution >= 0.6 is 11.8 Å². The molecule has 0 aromatic carbocycles. The van der Waals surface area contributed by atoms with Crippen LogP contribution in [0.25, 0.3) is 0 Å². The Bertz CT molecular complexity index is 466. The highest BCUT2D eigenvalue weighted by molar-refractivity contribution is 7.99. The number of hydrogen-bond acceptors (Lipinski definition) is 3. The van der Waals surface area contributed by atoms with Crippen molar-refractivity contribution in [3.05, 3.63) is 11.5 Å². The van der Waals surface area contributed by atoms with E-state index in [-0.39, 0.29) is 0 Å². The molecule has 3 nitrogen and oxygen atoms in total. The van der Waals surface area contributed by atoms with Gasteiger partial charge in [-0.15, -0.1) is 0 Å². The first kappa shape index (κ1) is 12.1. The molecule has 3 aliphatic rings. The molecule has 1 aromatic heterocycles. The van der Waals surface area contributed by atoms with Crippen LogP contribution in [0.5, 0.6) is 0 Å². The lowest BCUT2D eigenvalue weighted by molar-refractivity contribution is 0.595. The van der Waals surface area contributed by atoms with Gasteiger partial charge in [-0.2, -0.15) is 11.8 Å². The van der Waals surface area contributed by atoms with Crippen LogP contribution in [0.2, 0.25) is 0 Å². The molecule has 1 aliphatic heterocycles. The Morgan fingerprint density at radius 1 is 1.05 bits per heavy atom. The molecular formula is C15H23N3S. The van der Waals surface area contributed by atoms with Gasteiger partial charge in [0.15, 0.2) is 0 Å². The summed E-state index contributed by atoms with van der Waals surface area (Å²) in [4.78, 5) is 5.06. The minimum absolute atomic E-state index is 0.616. The molecule has 0 radical (unpaired) electrons. The van der Waals surface area contributed by atoms with E-state index in [2.05, 4.69) is 16.3 Å². The van der Waals surface area contributed by atoms with Gasteiger partial charge in [-0.1, -0.05) is 12.8 Å². The summed E-state index contributed by atoms with van der Waals surface area (Å²) in [5, 5.41) is 0. The normalized spacial score (nSPS) is 28.3. The van der Waals surface area contributed by atoms with Crippen molar-refractivity contribution in [1.82, 2.24) is 9.55 Å². The summed E-state index contributed by atoms with van der Waals surface area (Å²) in [5.74, 6) is 6.15. The zero-order valence-corrected chi connectivity index (χ0v) is 12.3. The fourth-order valence-corrected chi connectivity index (χ4v) is 4.95. The van der Waals surface area contributed by atoms with E-state index >= 15 is 0 Å². The maximum atomic E-state index is 6.48. The molecule has 0 spiro atoms. The van der Waals surface area contributed by atoms with Crippen LogP contribution in [0.4, 0.5) is 5.82 Å². The molecule has 1 atom stereocenters. The van der Waals surface area contributed by atoms with E-state index in [0.717, 1.165) is 5.82 Å². The van der Waals surface area contributed by atoms with Gasteiger partial charge in [0.05, 0.1) is 5.69 Å². The highest BCUT2D eigenvalue weighted by Gasteiger charge is 2.35. The monoisotopic (exact) mass is 277 g/mol. The smallest absolute Gasteiger partial charge is 0.127 e. The Labute approximate surface area is 119 Å². The molecule has 4 rings (SSSR count). The number of anilines is 1. The Morgan fingerprint density at radius 2 is 1.84 bits per heavy atom. The van der Waals surface area contributed by atoms with Crippen molar-refractivity contribution in [2.24, 2.45) is 0 Å². The van der Waals surface area contributed by atoms with Crippen LogP contribution in [-0.2, 0) is 0 Å². The molecule has 19 heavy (non-hydrogen) atoms. The predicted octanol–water partition coefficient (Wildman–Crippen LogP) is 3.68. The van der Waals surface area contributed by atoms with Gasteiger partial charge in [-0.3, -0.25) is 0 Å². The summed E-state index contributed by atoms with van der Waals surface area (Å²) in [6.45, 7) is 0. The quantitative estimate of drug-likeness (QED) is 0.916. The summed E-state index contributed by atoms with van der Waals surface area (Å²) in [6, 6.07) is 0.672. The van der Waals surface area contributed by atoms with Crippen molar-refractivity contribution in [3.8, 4) is 0 Å². The maximum Gasteiger partial charge on any atom is 0.127 e. The standard InChI is InChI=1S/C15H23N3S/c16-14-13(11-7-8-19-9-11)17-15(10-3-1-2-4-10)18(14)12-5-6-12/h10-12H,1-9,16H2. The van der Waals surface area contributed by atoms with Crippen LogP contribution in [-0.4, -0.2) is 21.1 Å².